The molecule has 0 spiro atoms. The van der Waals surface area contributed by atoms with Gasteiger partial charge in [0.05, 0.1) is 11.8 Å². The van der Waals surface area contributed by atoms with E-state index in [1.54, 1.807) is 6.07 Å². The number of nitrogens with two attached hydrogens (primary N) is 1. The van der Waals surface area contributed by atoms with Gasteiger partial charge in [-0.2, -0.15) is 0 Å². The Morgan fingerprint density at radius 3 is 2.87 bits per heavy atom. The molecule has 0 saturated heterocycles. The molecule has 15 heavy (non-hydrogen) atoms. The standard InChI is InChI=1S/C12H15NO2/c1-3-10(14)11-7(2)15-12-8(11)5-4-6-9(12)13/h4-6,10,14H,3,13H2,1-2H3. The van der Waals surface area contributed by atoms with E-state index >= 15 is 0 Å². The number of aliphatic hydroxyl groups is 1. The Morgan fingerprint density at radius 2 is 2.20 bits per heavy atom. The number of rotatable bonds is 2. The minimum Gasteiger partial charge on any atom is -0.459 e. The molecule has 80 valence electrons. The molecule has 0 aliphatic heterocycles. The average molecular weight is 205 g/mol. The van der Waals surface area contributed by atoms with E-state index in [-0.39, 0.29) is 0 Å². The van der Waals surface area contributed by atoms with Crippen molar-refractivity contribution in [2.45, 2.75) is 26.4 Å². The summed E-state index contributed by atoms with van der Waals surface area (Å²) >= 11 is 0. The summed E-state index contributed by atoms with van der Waals surface area (Å²) in [7, 11) is 0. The van der Waals surface area contributed by atoms with Crippen molar-refractivity contribution in [2.75, 3.05) is 5.73 Å². The molecule has 0 aliphatic rings. The molecule has 2 rings (SSSR count). The zero-order valence-electron chi connectivity index (χ0n) is 8.95. The van der Waals surface area contributed by atoms with Gasteiger partial charge in [-0.05, 0) is 19.4 Å². The van der Waals surface area contributed by atoms with E-state index in [1.165, 1.54) is 0 Å². The number of fused-ring (bicyclic) bond motifs is 1. The summed E-state index contributed by atoms with van der Waals surface area (Å²) in [6, 6.07) is 5.60. The molecule has 0 bridgehead atoms. The molecule has 1 aromatic carbocycles. The summed E-state index contributed by atoms with van der Waals surface area (Å²) in [5, 5.41) is 10.8. The quantitative estimate of drug-likeness (QED) is 0.741. The highest BCUT2D eigenvalue weighted by Gasteiger charge is 2.17. The van der Waals surface area contributed by atoms with Crippen molar-refractivity contribution in [3.05, 3.63) is 29.5 Å². The Balaban J connectivity index is 2.73. The second-order valence-corrected chi connectivity index (χ2v) is 3.72. The van der Waals surface area contributed by atoms with Gasteiger partial charge >= 0.3 is 0 Å². The summed E-state index contributed by atoms with van der Waals surface area (Å²) < 4.78 is 5.57. The number of anilines is 1. The van der Waals surface area contributed by atoms with Gasteiger partial charge in [-0.15, -0.1) is 0 Å². The van der Waals surface area contributed by atoms with Crippen LogP contribution >= 0.6 is 0 Å². The molecule has 0 fully saturated rings. The van der Waals surface area contributed by atoms with E-state index in [9.17, 15) is 5.11 Å². The van der Waals surface area contributed by atoms with Crippen molar-refractivity contribution in [2.24, 2.45) is 0 Å². The number of nitrogen functional groups attached to an aromatic ring is 1. The van der Waals surface area contributed by atoms with Crippen LogP contribution in [0.5, 0.6) is 0 Å². The highest BCUT2D eigenvalue weighted by Crippen LogP contribution is 2.34. The summed E-state index contributed by atoms with van der Waals surface area (Å²) in [5.41, 5.74) is 7.96. The van der Waals surface area contributed by atoms with E-state index in [0.717, 1.165) is 16.7 Å². The maximum Gasteiger partial charge on any atom is 0.157 e. The first-order valence-electron chi connectivity index (χ1n) is 5.10. The van der Waals surface area contributed by atoms with Gasteiger partial charge in [-0.25, -0.2) is 0 Å². The monoisotopic (exact) mass is 205 g/mol. The van der Waals surface area contributed by atoms with Crippen LogP contribution in [0.3, 0.4) is 0 Å². The van der Waals surface area contributed by atoms with E-state index in [1.807, 2.05) is 26.0 Å². The minimum atomic E-state index is -0.479. The van der Waals surface area contributed by atoms with Gasteiger partial charge in [0.2, 0.25) is 0 Å². The normalized spacial score (nSPS) is 13.3. The Bertz CT molecular complexity index is 488. The number of para-hydroxylation sites is 1. The third-order valence-electron chi connectivity index (χ3n) is 2.69. The zero-order chi connectivity index (χ0) is 11.0. The molecule has 3 heteroatoms. The van der Waals surface area contributed by atoms with Crippen LogP contribution in [0.15, 0.2) is 22.6 Å². The fraction of sp³-hybridized carbons (Fsp3) is 0.333. The van der Waals surface area contributed by atoms with Crippen molar-refractivity contribution in [3.63, 3.8) is 0 Å². The summed E-state index contributed by atoms with van der Waals surface area (Å²) in [6.45, 7) is 3.79. The van der Waals surface area contributed by atoms with Crippen molar-refractivity contribution < 1.29 is 9.52 Å². The number of furan rings is 1. The Labute approximate surface area is 88.5 Å². The third kappa shape index (κ3) is 1.49. The number of hydrogen-bond acceptors (Lipinski definition) is 3. The molecule has 0 radical (unpaired) electrons. The lowest BCUT2D eigenvalue weighted by Gasteiger charge is -2.06. The maximum absolute atomic E-state index is 9.89. The Morgan fingerprint density at radius 1 is 1.47 bits per heavy atom. The van der Waals surface area contributed by atoms with Crippen molar-refractivity contribution in [1.82, 2.24) is 0 Å². The van der Waals surface area contributed by atoms with Crippen molar-refractivity contribution in [3.8, 4) is 0 Å². The fourth-order valence-electron chi connectivity index (χ4n) is 1.90. The molecule has 3 N–H and O–H groups in total. The van der Waals surface area contributed by atoms with Crippen LogP contribution in [-0.4, -0.2) is 5.11 Å². The Kier molecular flexibility index (Phi) is 2.40. The van der Waals surface area contributed by atoms with E-state index in [0.29, 0.717) is 17.7 Å². The predicted molar refractivity (Wildman–Crippen MR) is 60.6 cm³/mol. The van der Waals surface area contributed by atoms with E-state index < -0.39 is 6.10 Å². The van der Waals surface area contributed by atoms with E-state index in [4.69, 9.17) is 10.2 Å². The molecule has 0 amide bonds. The van der Waals surface area contributed by atoms with Gasteiger partial charge in [0.25, 0.3) is 0 Å². The van der Waals surface area contributed by atoms with Crippen LogP contribution in [0.4, 0.5) is 5.69 Å². The molecule has 1 atom stereocenters. The predicted octanol–water partition coefficient (Wildman–Crippen LogP) is 2.77. The highest BCUT2D eigenvalue weighted by atomic mass is 16.3. The van der Waals surface area contributed by atoms with Crippen LogP contribution < -0.4 is 5.73 Å². The average Bonchev–Trinajstić information content (AvgIpc) is 2.55. The van der Waals surface area contributed by atoms with Crippen LogP contribution in [-0.2, 0) is 0 Å². The Hall–Kier alpha value is -1.48. The minimum absolute atomic E-state index is 0.479. The first kappa shape index (κ1) is 10.1. The van der Waals surface area contributed by atoms with Gasteiger partial charge in [0.1, 0.15) is 5.76 Å². The third-order valence-corrected chi connectivity index (χ3v) is 2.69. The first-order chi connectivity index (χ1) is 7.15. The van der Waals surface area contributed by atoms with Crippen molar-refractivity contribution >= 4 is 16.7 Å². The molecule has 2 aromatic rings. The molecule has 0 saturated carbocycles. The summed E-state index contributed by atoms with van der Waals surface area (Å²) in [5.74, 6) is 0.747. The topological polar surface area (TPSA) is 59.4 Å². The van der Waals surface area contributed by atoms with Gasteiger partial charge in [-0.1, -0.05) is 19.1 Å². The van der Waals surface area contributed by atoms with Crippen LogP contribution in [0.25, 0.3) is 11.0 Å². The number of aliphatic hydroxyl groups excluding tert-OH is 1. The lowest BCUT2D eigenvalue weighted by molar-refractivity contribution is 0.173. The molecule has 3 nitrogen and oxygen atoms in total. The fourth-order valence-corrected chi connectivity index (χ4v) is 1.90. The van der Waals surface area contributed by atoms with E-state index in [2.05, 4.69) is 0 Å². The first-order valence-corrected chi connectivity index (χ1v) is 5.10. The molecule has 1 heterocycles. The molecular weight excluding hydrogens is 190 g/mol. The second-order valence-electron chi connectivity index (χ2n) is 3.72. The second kappa shape index (κ2) is 3.59. The largest absolute Gasteiger partial charge is 0.459 e. The van der Waals surface area contributed by atoms with Crippen LogP contribution in [0.1, 0.15) is 30.8 Å². The number of benzene rings is 1. The SMILES string of the molecule is CCC(O)c1c(C)oc2c(N)cccc12. The van der Waals surface area contributed by atoms with Crippen LogP contribution in [0, 0.1) is 6.92 Å². The summed E-state index contributed by atoms with van der Waals surface area (Å²) in [4.78, 5) is 0. The van der Waals surface area contributed by atoms with Gasteiger partial charge in [0.15, 0.2) is 5.58 Å². The van der Waals surface area contributed by atoms with Gasteiger partial charge in [0, 0.05) is 10.9 Å². The highest BCUT2D eigenvalue weighted by molar-refractivity contribution is 5.91. The van der Waals surface area contributed by atoms with Crippen molar-refractivity contribution in [1.29, 1.82) is 0 Å². The van der Waals surface area contributed by atoms with Gasteiger partial charge in [-0.3, -0.25) is 0 Å². The maximum atomic E-state index is 9.89. The summed E-state index contributed by atoms with van der Waals surface area (Å²) in [6.07, 6.45) is 0.192. The zero-order valence-corrected chi connectivity index (χ0v) is 8.95. The lowest BCUT2D eigenvalue weighted by Crippen LogP contribution is -1.95. The molecule has 1 unspecified atom stereocenters. The smallest absolute Gasteiger partial charge is 0.157 e. The number of aryl methyl sites for hydroxylation is 1. The molecule has 0 aliphatic carbocycles. The molecule has 1 aromatic heterocycles. The van der Waals surface area contributed by atoms with Crippen LogP contribution in [0.2, 0.25) is 0 Å². The molecular formula is C12H15NO2. The van der Waals surface area contributed by atoms with Gasteiger partial charge < -0.3 is 15.3 Å². The lowest BCUT2D eigenvalue weighted by atomic mass is 10.0. The number of hydrogen-bond donors (Lipinski definition) is 2.